The molecule has 1 fully saturated rings. The zero-order valence-electron chi connectivity index (χ0n) is 16.1. The summed E-state index contributed by atoms with van der Waals surface area (Å²) in [4.78, 5) is 8.63. The Hall–Kier alpha value is -2.58. The highest BCUT2D eigenvalue weighted by Gasteiger charge is 2.29. The van der Waals surface area contributed by atoms with Crippen molar-refractivity contribution >= 4 is 10.0 Å². The van der Waals surface area contributed by atoms with Crippen LogP contribution in [0.5, 0.6) is 0 Å². The minimum absolute atomic E-state index is 0.0544. The smallest absolute Gasteiger partial charge is 0.276 e. The van der Waals surface area contributed by atoms with Crippen LogP contribution in [0.2, 0.25) is 0 Å². The molecule has 8 heteroatoms. The maximum absolute atomic E-state index is 12.8. The highest BCUT2D eigenvalue weighted by Crippen LogP contribution is 2.25. The number of sulfonamides is 1. The van der Waals surface area contributed by atoms with Crippen LogP contribution in [0, 0.1) is 5.92 Å². The molecular formula is C21H24N4O3S. The van der Waals surface area contributed by atoms with E-state index in [4.69, 9.17) is 4.52 Å². The average molecular weight is 413 g/mol. The standard InChI is InChI=1S/C21H24N4O3S/c26-29(27,16-18-7-2-1-3-8-18)25-14-6-9-17(15-25)11-12-20-23-21(28-24-20)19-10-4-5-13-22-19/h1-5,7-8,10,13,17H,6,9,11-12,14-16H2. The van der Waals surface area contributed by atoms with Crippen LogP contribution in [0.3, 0.4) is 0 Å². The second-order valence-corrected chi connectivity index (χ2v) is 9.35. The lowest BCUT2D eigenvalue weighted by atomic mass is 9.94. The molecule has 29 heavy (non-hydrogen) atoms. The van der Waals surface area contributed by atoms with Crippen molar-refractivity contribution < 1.29 is 12.9 Å². The van der Waals surface area contributed by atoms with Gasteiger partial charge in [0.25, 0.3) is 5.89 Å². The number of benzene rings is 1. The Labute approximate surface area is 170 Å². The molecule has 1 atom stereocenters. The van der Waals surface area contributed by atoms with Gasteiger partial charge >= 0.3 is 0 Å². The molecule has 0 bridgehead atoms. The van der Waals surface area contributed by atoms with Crippen molar-refractivity contribution in [2.75, 3.05) is 13.1 Å². The minimum atomic E-state index is -3.31. The molecule has 1 saturated heterocycles. The zero-order chi connectivity index (χ0) is 20.1. The summed E-state index contributed by atoms with van der Waals surface area (Å²) in [5.41, 5.74) is 1.48. The van der Waals surface area contributed by atoms with Crippen LogP contribution < -0.4 is 0 Å². The Morgan fingerprint density at radius 2 is 1.93 bits per heavy atom. The number of rotatable bonds is 7. The molecule has 3 aromatic rings. The predicted octanol–water partition coefficient (Wildman–Crippen LogP) is 3.31. The first kappa shape index (κ1) is 19.7. The molecule has 2 aromatic heterocycles. The lowest BCUT2D eigenvalue weighted by Gasteiger charge is -2.31. The molecule has 1 unspecified atom stereocenters. The normalized spacial score (nSPS) is 18.0. The summed E-state index contributed by atoms with van der Waals surface area (Å²) in [6.45, 7) is 1.15. The minimum Gasteiger partial charge on any atom is -0.332 e. The summed E-state index contributed by atoms with van der Waals surface area (Å²) in [5, 5.41) is 4.04. The van der Waals surface area contributed by atoms with Crippen LogP contribution in [-0.4, -0.2) is 40.9 Å². The van der Waals surface area contributed by atoms with E-state index in [0.717, 1.165) is 24.8 Å². The van der Waals surface area contributed by atoms with Gasteiger partial charge in [-0.15, -0.1) is 0 Å². The van der Waals surface area contributed by atoms with Crippen LogP contribution in [0.25, 0.3) is 11.6 Å². The van der Waals surface area contributed by atoms with Crippen molar-refractivity contribution in [3.8, 4) is 11.6 Å². The molecule has 3 heterocycles. The molecule has 0 spiro atoms. The van der Waals surface area contributed by atoms with Gasteiger partial charge in [0.1, 0.15) is 5.69 Å². The van der Waals surface area contributed by atoms with Crippen molar-refractivity contribution in [1.29, 1.82) is 0 Å². The number of hydrogen-bond acceptors (Lipinski definition) is 6. The van der Waals surface area contributed by atoms with Gasteiger partial charge in [-0.2, -0.15) is 4.98 Å². The number of aryl methyl sites for hydroxylation is 1. The summed E-state index contributed by atoms with van der Waals surface area (Å²) in [5.74, 6) is 1.40. The van der Waals surface area contributed by atoms with E-state index in [1.165, 1.54) is 0 Å². The monoisotopic (exact) mass is 412 g/mol. The van der Waals surface area contributed by atoms with Crippen molar-refractivity contribution in [3.63, 3.8) is 0 Å². The number of piperidine rings is 1. The molecule has 0 N–H and O–H groups in total. The molecule has 0 amide bonds. The lowest BCUT2D eigenvalue weighted by molar-refractivity contribution is 0.254. The first-order valence-corrected chi connectivity index (χ1v) is 11.5. The van der Waals surface area contributed by atoms with Crippen molar-refractivity contribution in [2.24, 2.45) is 5.92 Å². The van der Waals surface area contributed by atoms with E-state index >= 15 is 0 Å². The Balaban J connectivity index is 1.34. The van der Waals surface area contributed by atoms with Gasteiger partial charge in [0.15, 0.2) is 5.82 Å². The number of aromatic nitrogens is 3. The largest absolute Gasteiger partial charge is 0.332 e. The maximum Gasteiger partial charge on any atom is 0.276 e. The number of nitrogens with zero attached hydrogens (tertiary/aromatic N) is 4. The van der Waals surface area contributed by atoms with E-state index in [-0.39, 0.29) is 5.75 Å². The van der Waals surface area contributed by atoms with Gasteiger partial charge in [-0.25, -0.2) is 12.7 Å². The first-order valence-electron chi connectivity index (χ1n) is 9.86. The van der Waals surface area contributed by atoms with E-state index in [1.54, 1.807) is 10.5 Å². The molecule has 152 valence electrons. The highest BCUT2D eigenvalue weighted by molar-refractivity contribution is 7.88. The van der Waals surface area contributed by atoms with Gasteiger partial charge in [-0.05, 0) is 42.9 Å². The Morgan fingerprint density at radius 1 is 1.10 bits per heavy atom. The van der Waals surface area contributed by atoms with Crippen LogP contribution in [-0.2, 0) is 22.2 Å². The fourth-order valence-electron chi connectivity index (χ4n) is 3.67. The van der Waals surface area contributed by atoms with E-state index < -0.39 is 10.0 Å². The van der Waals surface area contributed by atoms with Crippen LogP contribution >= 0.6 is 0 Å². The average Bonchev–Trinajstić information content (AvgIpc) is 3.23. The molecule has 7 nitrogen and oxygen atoms in total. The number of pyridine rings is 1. The van der Waals surface area contributed by atoms with Gasteiger partial charge in [-0.1, -0.05) is 41.6 Å². The van der Waals surface area contributed by atoms with Gasteiger partial charge < -0.3 is 4.52 Å². The predicted molar refractivity (Wildman–Crippen MR) is 109 cm³/mol. The fraction of sp³-hybridized carbons (Fsp3) is 0.381. The molecule has 1 aliphatic heterocycles. The summed E-state index contributed by atoms with van der Waals surface area (Å²) >= 11 is 0. The topological polar surface area (TPSA) is 89.2 Å². The Morgan fingerprint density at radius 3 is 2.72 bits per heavy atom. The molecule has 1 aromatic carbocycles. The van der Waals surface area contributed by atoms with E-state index in [2.05, 4.69) is 15.1 Å². The summed E-state index contributed by atoms with van der Waals surface area (Å²) < 4.78 is 32.6. The molecule has 0 aliphatic carbocycles. The number of hydrogen-bond donors (Lipinski definition) is 0. The Bertz CT molecular complexity index is 1020. The second kappa shape index (κ2) is 8.84. The third-order valence-corrected chi connectivity index (χ3v) is 7.01. The third kappa shape index (κ3) is 5.07. The van der Waals surface area contributed by atoms with E-state index in [9.17, 15) is 8.42 Å². The Kier molecular flexibility index (Phi) is 6.01. The summed E-state index contributed by atoms with van der Waals surface area (Å²) in [6.07, 6.45) is 5.07. The maximum atomic E-state index is 12.8. The van der Waals surface area contributed by atoms with E-state index in [1.807, 2.05) is 48.5 Å². The second-order valence-electron chi connectivity index (χ2n) is 7.38. The summed E-state index contributed by atoms with van der Waals surface area (Å²) in [6, 6.07) is 14.9. The van der Waals surface area contributed by atoms with Crippen molar-refractivity contribution in [2.45, 2.75) is 31.4 Å². The van der Waals surface area contributed by atoms with Crippen LogP contribution in [0.1, 0.15) is 30.7 Å². The van der Waals surface area contributed by atoms with Gasteiger partial charge in [-0.3, -0.25) is 4.98 Å². The first-order chi connectivity index (χ1) is 14.1. The molecule has 4 rings (SSSR count). The van der Waals surface area contributed by atoms with Gasteiger partial charge in [0.2, 0.25) is 10.0 Å². The zero-order valence-corrected chi connectivity index (χ0v) is 17.0. The quantitative estimate of drug-likeness (QED) is 0.591. The molecule has 0 saturated carbocycles. The van der Waals surface area contributed by atoms with Crippen LogP contribution in [0.15, 0.2) is 59.3 Å². The molecule has 0 radical (unpaired) electrons. The fourth-order valence-corrected chi connectivity index (χ4v) is 5.31. The molecular weight excluding hydrogens is 388 g/mol. The highest BCUT2D eigenvalue weighted by atomic mass is 32.2. The van der Waals surface area contributed by atoms with Crippen molar-refractivity contribution in [1.82, 2.24) is 19.4 Å². The van der Waals surface area contributed by atoms with E-state index in [0.29, 0.717) is 42.8 Å². The third-order valence-electron chi connectivity index (χ3n) is 5.20. The van der Waals surface area contributed by atoms with Crippen molar-refractivity contribution in [3.05, 3.63) is 66.1 Å². The van der Waals surface area contributed by atoms with Gasteiger partial charge in [0.05, 0.1) is 5.75 Å². The van der Waals surface area contributed by atoms with Crippen LogP contribution in [0.4, 0.5) is 0 Å². The lowest BCUT2D eigenvalue weighted by Crippen LogP contribution is -2.40. The van der Waals surface area contributed by atoms with Gasteiger partial charge in [0, 0.05) is 25.7 Å². The summed E-state index contributed by atoms with van der Waals surface area (Å²) in [7, 11) is -3.31. The molecule has 1 aliphatic rings. The SMILES string of the molecule is O=S(=O)(Cc1ccccc1)N1CCCC(CCc2noc(-c3ccccn3)n2)C1.